The molecule has 0 radical (unpaired) electrons. The highest BCUT2D eigenvalue weighted by Gasteiger charge is 2.30. The standard InChI is InChI=1S/C14H25N3S/c1-9-7-17(8-10(9)2)13-16-12(14(3,4)5)11(6-15)18-13/h9-10H,6-8,15H2,1-5H3. The Morgan fingerprint density at radius 2 is 1.83 bits per heavy atom. The van der Waals surface area contributed by atoms with Crippen LogP contribution in [0.2, 0.25) is 0 Å². The molecule has 1 aliphatic heterocycles. The maximum atomic E-state index is 5.87. The number of nitrogens with two attached hydrogens (primary N) is 1. The lowest BCUT2D eigenvalue weighted by molar-refractivity contribution is 0.494. The number of hydrogen-bond donors (Lipinski definition) is 1. The van der Waals surface area contributed by atoms with Crippen LogP contribution in [0.3, 0.4) is 0 Å². The largest absolute Gasteiger partial charge is 0.348 e. The van der Waals surface area contributed by atoms with Gasteiger partial charge in [0.2, 0.25) is 0 Å². The van der Waals surface area contributed by atoms with Gasteiger partial charge in [-0.15, -0.1) is 11.3 Å². The van der Waals surface area contributed by atoms with Crippen LogP contribution in [-0.4, -0.2) is 18.1 Å². The van der Waals surface area contributed by atoms with Gasteiger partial charge in [-0.1, -0.05) is 34.6 Å². The summed E-state index contributed by atoms with van der Waals surface area (Å²) in [7, 11) is 0. The van der Waals surface area contributed by atoms with E-state index < -0.39 is 0 Å². The fraction of sp³-hybridized carbons (Fsp3) is 0.786. The molecule has 4 heteroatoms. The van der Waals surface area contributed by atoms with Gasteiger partial charge in [0, 0.05) is 29.9 Å². The second-order valence-corrected chi connectivity index (χ2v) is 7.64. The van der Waals surface area contributed by atoms with Crippen molar-refractivity contribution in [1.82, 2.24) is 4.98 Å². The quantitative estimate of drug-likeness (QED) is 0.895. The molecule has 3 nitrogen and oxygen atoms in total. The zero-order valence-corrected chi connectivity index (χ0v) is 13.0. The third-order valence-corrected chi connectivity index (χ3v) is 4.98. The van der Waals surface area contributed by atoms with Crippen LogP contribution in [0.5, 0.6) is 0 Å². The maximum absolute atomic E-state index is 5.87. The molecule has 0 saturated carbocycles. The van der Waals surface area contributed by atoms with Gasteiger partial charge in [0.1, 0.15) is 0 Å². The van der Waals surface area contributed by atoms with E-state index in [0.29, 0.717) is 6.54 Å². The number of anilines is 1. The molecule has 2 atom stereocenters. The second kappa shape index (κ2) is 4.82. The Kier molecular flexibility index (Phi) is 3.70. The summed E-state index contributed by atoms with van der Waals surface area (Å²) < 4.78 is 0. The van der Waals surface area contributed by atoms with E-state index in [9.17, 15) is 0 Å². The minimum atomic E-state index is 0.0837. The van der Waals surface area contributed by atoms with Gasteiger partial charge in [0.15, 0.2) is 5.13 Å². The van der Waals surface area contributed by atoms with Gasteiger partial charge in [-0.3, -0.25) is 0 Å². The Labute approximate surface area is 114 Å². The molecule has 18 heavy (non-hydrogen) atoms. The van der Waals surface area contributed by atoms with Crippen LogP contribution in [0, 0.1) is 11.8 Å². The Morgan fingerprint density at radius 1 is 1.28 bits per heavy atom. The average molecular weight is 267 g/mol. The van der Waals surface area contributed by atoms with Crippen LogP contribution in [0.25, 0.3) is 0 Å². The van der Waals surface area contributed by atoms with Gasteiger partial charge in [-0.25, -0.2) is 4.98 Å². The summed E-state index contributed by atoms with van der Waals surface area (Å²) in [6.45, 7) is 14.1. The molecule has 0 aromatic carbocycles. The van der Waals surface area contributed by atoms with Gasteiger partial charge in [0.05, 0.1) is 5.69 Å². The summed E-state index contributed by atoms with van der Waals surface area (Å²) in [5, 5.41) is 1.16. The monoisotopic (exact) mass is 267 g/mol. The van der Waals surface area contributed by atoms with Crippen molar-refractivity contribution in [3.05, 3.63) is 10.6 Å². The van der Waals surface area contributed by atoms with Crippen LogP contribution < -0.4 is 10.6 Å². The SMILES string of the molecule is CC1CN(c2nc(C(C)(C)C)c(CN)s2)CC1C. The summed E-state index contributed by atoms with van der Waals surface area (Å²) in [4.78, 5) is 8.53. The molecule has 102 valence electrons. The minimum absolute atomic E-state index is 0.0837. The molecule has 1 aromatic heterocycles. The fourth-order valence-corrected chi connectivity index (χ4v) is 3.65. The lowest BCUT2D eigenvalue weighted by Crippen LogP contribution is -2.20. The molecule has 1 aromatic rings. The Hall–Kier alpha value is -0.610. The maximum Gasteiger partial charge on any atom is 0.185 e. The summed E-state index contributed by atoms with van der Waals surface area (Å²) in [5.74, 6) is 1.52. The van der Waals surface area contributed by atoms with E-state index in [1.165, 1.54) is 10.6 Å². The lowest BCUT2D eigenvalue weighted by atomic mass is 9.91. The van der Waals surface area contributed by atoms with E-state index in [4.69, 9.17) is 10.7 Å². The molecule has 1 fully saturated rings. The van der Waals surface area contributed by atoms with Crippen molar-refractivity contribution in [3.63, 3.8) is 0 Å². The molecule has 2 rings (SSSR count). The Bertz CT molecular complexity index is 409. The van der Waals surface area contributed by atoms with Crippen molar-refractivity contribution < 1.29 is 0 Å². The molecule has 0 aliphatic carbocycles. The predicted octanol–water partition coefficient (Wildman–Crippen LogP) is 2.99. The first-order valence-corrected chi connectivity index (χ1v) is 7.59. The Morgan fingerprint density at radius 3 is 2.22 bits per heavy atom. The van der Waals surface area contributed by atoms with Crippen molar-refractivity contribution in [3.8, 4) is 0 Å². The molecule has 2 N–H and O–H groups in total. The van der Waals surface area contributed by atoms with Crippen LogP contribution in [0.4, 0.5) is 5.13 Å². The van der Waals surface area contributed by atoms with Gasteiger partial charge in [0.25, 0.3) is 0 Å². The molecule has 2 heterocycles. The molecule has 0 bridgehead atoms. The number of thiazole rings is 1. The summed E-state index contributed by atoms with van der Waals surface area (Å²) in [6, 6.07) is 0. The first-order chi connectivity index (χ1) is 8.32. The van der Waals surface area contributed by atoms with Crippen molar-refractivity contribution in [2.75, 3.05) is 18.0 Å². The van der Waals surface area contributed by atoms with Crippen LogP contribution in [-0.2, 0) is 12.0 Å². The van der Waals surface area contributed by atoms with Crippen LogP contribution in [0.15, 0.2) is 0 Å². The Balaban J connectivity index is 2.28. The van der Waals surface area contributed by atoms with Crippen molar-refractivity contribution in [1.29, 1.82) is 0 Å². The van der Waals surface area contributed by atoms with Crippen LogP contribution in [0.1, 0.15) is 45.2 Å². The van der Waals surface area contributed by atoms with Crippen molar-refractivity contribution in [2.45, 2.75) is 46.6 Å². The number of rotatable bonds is 2. The summed E-state index contributed by atoms with van der Waals surface area (Å²) >= 11 is 1.78. The molecular weight excluding hydrogens is 242 g/mol. The third kappa shape index (κ3) is 2.54. The average Bonchev–Trinajstić information content (AvgIpc) is 2.82. The summed E-state index contributed by atoms with van der Waals surface area (Å²) in [5.41, 5.74) is 7.13. The smallest absolute Gasteiger partial charge is 0.185 e. The highest BCUT2D eigenvalue weighted by atomic mass is 32.1. The number of aromatic nitrogens is 1. The van der Waals surface area contributed by atoms with Gasteiger partial charge in [-0.2, -0.15) is 0 Å². The zero-order chi connectivity index (χ0) is 13.5. The zero-order valence-electron chi connectivity index (χ0n) is 12.2. The van der Waals surface area contributed by atoms with Crippen LogP contribution >= 0.6 is 11.3 Å². The van der Waals surface area contributed by atoms with E-state index >= 15 is 0 Å². The molecule has 1 saturated heterocycles. The van der Waals surface area contributed by atoms with E-state index in [2.05, 4.69) is 39.5 Å². The molecule has 0 amide bonds. The fourth-order valence-electron chi connectivity index (χ4n) is 2.48. The third-order valence-electron chi connectivity index (χ3n) is 3.84. The second-order valence-electron chi connectivity index (χ2n) is 6.58. The first-order valence-electron chi connectivity index (χ1n) is 6.78. The minimum Gasteiger partial charge on any atom is -0.348 e. The van der Waals surface area contributed by atoms with Gasteiger partial charge in [-0.05, 0) is 11.8 Å². The van der Waals surface area contributed by atoms with Crippen molar-refractivity contribution in [2.24, 2.45) is 17.6 Å². The first kappa shape index (κ1) is 13.8. The van der Waals surface area contributed by atoms with E-state index in [1.54, 1.807) is 11.3 Å². The number of nitrogens with zero attached hydrogens (tertiary/aromatic N) is 2. The molecular formula is C14H25N3S. The highest BCUT2D eigenvalue weighted by Crippen LogP contribution is 2.36. The summed E-state index contributed by atoms with van der Waals surface area (Å²) in [6.07, 6.45) is 0. The lowest BCUT2D eigenvalue weighted by Gasteiger charge is -2.17. The normalized spacial score (nSPS) is 24.9. The van der Waals surface area contributed by atoms with E-state index in [0.717, 1.165) is 30.1 Å². The molecule has 0 spiro atoms. The molecule has 1 aliphatic rings. The predicted molar refractivity (Wildman–Crippen MR) is 79.2 cm³/mol. The topological polar surface area (TPSA) is 42.2 Å². The van der Waals surface area contributed by atoms with Crippen molar-refractivity contribution >= 4 is 16.5 Å². The molecule has 2 unspecified atom stereocenters. The highest BCUT2D eigenvalue weighted by molar-refractivity contribution is 7.15. The van der Waals surface area contributed by atoms with Gasteiger partial charge < -0.3 is 10.6 Å². The van der Waals surface area contributed by atoms with E-state index in [1.807, 2.05) is 0 Å². The van der Waals surface area contributed by atoms with E-state index in [-0.39, 0.29) is 5.41 Å². The van der Waals surface area contributed by atoms with Gasteiger partial charge >= 0.3 is 0 Å². The number of hydrogen-bond acceptors (Lipinski definition) is 4.